The van der Waals surface area contributed by atoms with Gasteiger partial charge in [0.25, 0.3) is 0 Å². The summed E-state index contributed by atoms with van der Waals surface area (Å²) in [4.78, 5) is 22.3. The number of aromatic nitrogens is 2. The van der Waals surface area contributed by atoms with E-state index in [4.69, 9.17) is 14.7 Å². The van der Waals surface area contributed by atoms with Crippen LogP contribution in [0.5, 0.6) is 0 Å². The highest BCUT2D eigenvalue weighted by molar-refractivity contribution is 5.95. The maximum Gasteiger partial charge on any atom is 0.345 e. The fourth-order valence-electron chi connectivity index (χ4n) is 3.33. The molecule has 0 spiro atoms. The molecular weight excluding hydrogens is 352 g/mol. The highest BCUT2D eigenvalue weighted by Gasteiger charge is 2.26. The first-order valence-electron chi connectivity index (χ1n) is 9.40. The van der Waals surface area contributed by atoms with Crippen LogP contribution >= 0.6 is 0 Å². The molecule has 0 fully saturated rings. The van der Waals surface area contributed by atoms with E-state index in [9.17, 15) is 4.79 Å². The van der Waals surface area contributed by atoms with Gasteiger partial charge in [0, 0.05) is 18.7 Å². The van der Waals surface area contributed by atoms with Gasteiger partial charge in [-0.25, -0.2) is 14.8 Å². The van der Waals surface area contributed by atoms with Crippen molar-refractivity contribution in [1.29, 1.82) is 0 Å². The Balaban J connectivity index is 2.02. The summed E-state index contributed by atoms with van der Waals surface area (Å²) in [6, 6.07) is 17.7. The Hall–Kier alpha value is -3.41. The van der Waals surface area contributed by atoms with Crippen molar-refractivity contribution in [2.24, 2.45) is 4.99 Å². The van der Waals surface area contributed by atoms with Crippen LogP contribution in [0, 0.1) is 6.92 Å². The van der Waals surface area contributed by atoms with Crippen LogP contribution in [0.1, 0.15) is 22.8 Å². The zero-order valence-electron chi connectivity index (χ0n) is 16.0. The van der Waals surface area contributed by atoms with E-state index in [1.165, 1.54) is 0 Å². The largest absolute Gasteiger partial charge is 0.462 e. The van der Waals surface area contributed by atoms with Gasteiger partial charge in [0.15, 0.2) is 5.49 Å². The molecule has 1 aliphatic rings. The maximum atomic E-state index is 12.8. The molecule has 6 heteroatoms. The van der Waals surface area contributed by atoms with E-state index in [2.05, 4.69) is 5.32 Å². The quantitative estimate of drug-likeness (QED) is 0.707. The fourth-order valence-corrected chi connectivity index (χ4v) is 3.33. The van der Waals surface area contributed by atoms with Crippen LogP contribution in [0.25, 0.3) is 11.4 Å². The lowest BCUT2D eigenvalue weighted by Crippen LogP contribution is -2.26. The number of para-hydroxylation sites is 1. The van der Waals surface area contributed by atoms with Crippen molar-refractivity contribution in [2.75, 3.05) is 18.5 Å². The molecule has 2 heterocycles. The number of esters is 1. The molecule has 3 aromatic rings. The average molecular weight is 374 g/mol. The second-order valence-electron chi connectivity index (χ2n) is 6.55. The predicted molar refractivity (Wildman–Crippen MR) is 109 cm³/mol. The van der Waals surface area contributed by atoms with Crippen molar-refractivity contribution in [2.45, 2.75) is 20.4 Å². The van der Waals surface area contributed by atoms with Gasteiger partial charge in [0.2, 0.25) is 0 Å². The van der Waals surface area contributed by atoms with Crippen LogP contribution in [0.4, 0.5) is 11.5 Å². The fraction of sp³-hybridized carbons (Fsp3) is 0.227. The number of nitrogens with one attached hydrogen (secondary N) is 1. The van der Waals surface area contributed by atoms with Crippen LogP contribution in [-0.2, 0) is 11.3 Å². The zero-order chi connectivity index (χ0) is 19.5. The molecule has 6 nitrogen and oxygen atoms in total. The number of fused-ring (bicyclic) bond motifs is 1. The highest BCUT2D eigenvalue weighted by Crippen LogP contribution is 2.26. The molecule has 0 atom stereocenters. The smallest absolute Gasteiger partial charge is 0.345 e. The number of ether oxygens (including phenoxy) is 1. The second-order valence-corrected chi connectivity index (χ2v) is 6.55. The number of nitrogens with zero attached hydrogens (tertiary/aromatic N) is 3. The molecule has 0 saturated carbocycles. The van der Waals surface area contributed by atoms with Crippen LogP contribution in [-0.4, -0.2) is 28.7 Å². The molecule has 28 heavy (non-hydrogen) atoms. The summed E-state index contributed by atoms with van der Waals surface area (Å²) in [5, 5.41) is 3.32. The van der Waals surface area contributed by atoms with Crippen molar-refractivity contribution in [3.05, 3.63) is 71.2 Å². The van der Waals surface area contributed by atoms with Crippen molar-refractivity contribution in [3.8, 4) is 11.4 Å². The standard InChI is InChI=1S/C22H22N4O2/c1-3-28-22(27)18-19(24-17-12-8-7-9-15(17)2)25-20(16-10-5-4-6-11-16)26-14-13-23-21(18)26/h4-12,23H,3,13-14H2,1-2H3. The molecule has 0 aliphatic carbocycles. The van der Waals surface area contributed by atoms with Gasteiger partial charge in [0.05, 0.1) is 12.3 Å². The molecule has 0 bridgehead atoms. The van der Waals surface area contributed by atoms with Gasteiger partial charge >= 0.3 is 5.97 Å². The van der Waals surface area contributed by atoms with E-state index in [1.807, 2.05) is 66.1 Å². The van der Waals surface area contributed by atoms with Crippen LogP contribution in [0.3, 0.4) is 0 Å². The van der Waals surface area contributed by atoms with Crippen LogP contribution in [0.2, 0.25) is 0 Å². The predicted octanol–water partition coefficient (Wildman–Crippen LogP) is 3.69. The van der Waals surface area contributed by atoms with E-state index < -0.39 is 5.97 Å². The number of hydrogen-bond acceptors (Lipinski definition) is 5. The summed E-state index contributed by atoms with van der Waals surface area (Å²) in [7, 11) is 0. The Bertz CT molecular complexity index is 1090. The first-order valence-corrected chi connectivity index (χ1v) is 9.40. The number of anilines is 1. The molecule has 0 unspecified atom stereocenters. The van der Waals surface area contributed by atoms with Gasteiger partial charge in [-0.1, -0.05) is 48.5 Å². The third-order valence-electron chi connectivity index (χ3n) is 4.68. The minimum Gasteiger partial charge on any atom is -0.462 e. The first-order chi connectivity index (χ1) is 13.7. The first kappa shape index (κ1) is 18.0. The summed E-state index contributed by atoms with van der Waals surface area (Å²) in [5.41, 5.74) is 3.52. The van der Waals surface area contributed by atoms with Gasteiger partial charge < -0.3 is 14.6 Å². The zero-order valence-corrected chi connectivity index (χ0v) is 16.0. The van der Waals surface area contributed by atoms with Crippen LogP contribution in [0.15, 0.2) is 59.6 Å². The number of carbonyl (C=O) groups is 1. The van der Waals surface area contributed by atoms with Gasteiger partial charge in [-0.05, 0) is 25.5 Å². The number of aryl methyl sites for hydroxylation is 1. The maximum absolute atomic E-state index is 12.8. The number of hydrogen-bond donors (Lipinski definition) is 1. The molecule has 142 valence electrons. The summed E-state index contributed by atoms with van der Waals surface area (Å²) < 4.78 is 7.34. The lowest BCUT2D eigenvalue weighted by molar-refractivity contribution is 0.0524. The van der Waals surface area contributed by atoms with Gasteiger partial charge in [0.1, 0.15) is 17.2 Å². The summed E-state index contributed by atoms with van der Waals surface area (Å²) in [6.07, 6.45) is 0. The lowest BCUT2D eigenvalue weighted by atomic mass is 10.2. The average Bonchev–Trinajstić information content (AvgIpc) is 3.19. The SMILES string of the molecule is CCOC(=O)c1c2n(c(-c3ccccc3)nc1=Nc1ccccc1C)CCN2. The Morgan fingerprint density at radius 2 is 1.93 bits per heavy atom. The Labute approximate surface area is 163 Å². The molecule has 0 amide bonds. The Kier molecular flexibility index (Phi) is 4.93. The molecule has 2 aromatic carbocycles. The number of carbonyl (C=O) groups excluding carboxylic acids is 1. The molecule has 1 aliphatic heterocycles. The van der Waals surface area contributed by atoms with Crippen LogP contribution < -0.4 is 10.8 Å². The second kappa shape index (κ2) is 7.68. The molecule has 0 radical (unpaired) electrons. The highest BCUT2D eigenvalue weighted by atomic mass is 16.5. The van der Waals surface area contributed by atoms with E-state index in [0.29, 0.717) is 23.5 Å². The Morgan fingerprint density at radius 3 is 2.68 bits per heavy atom. The third kappa shape index (κ3) is 3.29. The molecule has 1 N–H and O–H groups in total. The van der Waals surface area contributed by atoms with E-state index >= 15 is 0 Å². The molecule has 4 rings (SSSR count). The minimum atomic E-state index is -0.417. The van der Waals surface area contributed by atoms with E-state index in [1.54, 1.807) is 6.92 Å². The monoisotopic (exact) mass is 374 g/mol. The molecule has 0 saturated heterocycles. The Morgan fingerprint density at radius 1 is 1.18 bits per heavy atom. The molecule has 1 aromatic heterocycles. The van der Waals surface area contributed by atoms with Gasteiger partial charge in [-0.3, -0.25) is 0 Å². The lowest BCUT2D eigenvalue weighted by Gasteiger charge is -2.15. The summed E-state index contributed by atoms with van der Waals surface area (Å²) in [6.45, 7) is 5.53. The van der Waals surface area contributed by atoms with Crippen molar-refractivity contribution in [1.82, 2.24) is 9.55 Å². The molecular formula is C22H22N4O2. The van der Waals surface area contributed by atoms with Crippen molar-refractivity contribution in [3.63, 3.8) is 0 Å². The third-order valence-corrected chi connectivity index (χ3v) is 4.68. The van der Waals surface area contributed by atoms with Crippen molar-refractivity contribution < 1.29 is 9.53 Å². The van der Waals surface area contributed by atoms with E-state index in [-0.39, 0.29) is 0 Å². The van der Waals surface area contributed by atoms with Crippen molar-refractivity contribution >= 4 is 17.5 Å². The summed E-state index contributed by atoms with van der Waals surface area (Å²) in [5.74, 6) is 1.07. The minimum absolute atomic E-state index is 0.294. The topological polar surface area (TPSA) is 68.5 Å². The normalized spacial score (nSPS) is 13.1. The number of benzene rings is 2. The number of rotatable bonds is 4. The van der Waals surface area contributed by atoms with Gasteiger partial charge in [-0.15, -0.1) is 0 Å². The summed E-state index contributed by atoms with van der Waals surface area (Å²) >= 11 is 0. The van der Waals surface area contributed by atoms with E-state index in [0.717, 1.165) is 35.7 Å². The van der Waals surface area contributed by atoms with Gasteiger partial charge in [-0.2, -0.15) is 0 Å².